The van der Waals surface area contributed by atoms with Gasteiger partial charge in [-0.3, -0.25) is 0 Å². The van der Waals surface area contributed by atoms with Gasteiger partial charge in [-0.2, -0.15) is 0 Å². The van der Waals surface area contributed by atoms with Crippen LogP contribution in [0.3, 0.4) is 0 Å². The Kier molecular flexibility index (Phi) is 8.51. The molecule has 2 unspecified atom stereocenters. The smallest absolute Gasteiger partial charge is 0.0645 e. The minimum Gasteiger partial charge on any atom is -0.362 e. The number of unbranched alkanes of at least 4 members (excludes halogenated alkanes) is 1. The van der Waals surface area contributed by atoms with Crippen LogP contribution >= 0.6 is 9.47 Å². The summed E-state index contributed by atoms with van der Waals surface area (Å²) in [5.41, 5.74) is 0. The second-order valence-corrected chi connectivity index (χ2v) is 3.81. The Morgan fingerprint density at radius 3 is 2.62 bits per heavy atom. The minimum absolute atomic E-state index is 0.313. The summed E-state index contributed by atoms with van der Waals surface area (Å²) in [7, 11) is 2.35. The van der Waals surface area contributed by atoms with Gasteiger partial charge in [0, 0.05) is 15.9 Å². The van der Waals surface area contributed by atoms with E-state index in [-0.39, 0.29) is 0 Å². The molecule has 2 heteroatoms. The fraction of sp³-hybridized carbons (Fsp3) is 0.818. The molecule has 0 radical (unpaired) electrons. The van der Waals surface area contributed by atoms with Gasteiger partial charge in [-0.25, -0.2) is 0 Å². The van der Waals surface area contributed by atoms with E-state index < -0.39 is 0 Å². The zero-order valence-electron chi connectivity index (χ0n) is 8.75. The average molecular weight is 200 g/mol. The van der Waals surface area contributed by atoms with Crippen molar-refractivity contribution in [2.75, 3.05) is 0 Å². The third kappa shape index (κ3) is 6.08. The van der Waals surface area contributed by atoms with Gasteiger partial charge in [0.05, 0.1) is 6.10 Å². The summed E-state index contributed by atoms with van der Waals surface area (Å²) in [5.74, 6) is 3.27. The first-order valence-electron chi connectivity index (χ1n) is 5.05. The molecule has 0 aromatic carbocycles. The minimum atomic E-state index is 0.313. The maximum Gasteiger partial charge on any atom is 0.0645 e. The number of rotatable bonds is 7. The Morgan fingerprint density at radius 2 is 2.15 bits per heavy atom. The van der Waals surface area contributed by atoms with Crippen LogP contribution in [0.2, 0.25) is 0 Å². The van der Waals surface area contributed by atoms with Crippen molar-refractivity contribution >= 4 is 9.47 Å². The first-order valence-corrected chi connectivity index (χ1v) is 5.52. The van der Waals surface area contributed by atoms with Gasteiger partial charge in [0.1, 0.15) is 0 Å². The molecule has 76 valence electrons. The van der Waals surface area contributed by atoms with E-state index >= 15 is 0 Å². The molecule has 0 spiro atoms. The largest absolute Gasteiger partial charge is 0.362 e. The molecule has 0 aliphatic carbocycles. The zero-order valence-corrected chi connectivity index (χ0v) is 9.91. The van der Waals surface area contributed by atoms with Gasteiger partial charge in [0.15, 0.2) is 0 Å². The quantitative estimate of drug-likeness (QED) is 0.452. The highest BCUT2D eigenvalue weighted by atomic mass is 31.0. The van der Waals surface area contributed by atoms with E-state index in [9.17, 15) is 0 Å². The number of hydrogen-bond acceptors (Lipinski definition) is 1. The fourth-order valence-corrected chi connectivity index (χ4v) is 1.83. The molecule has 0 bridgehead atoms. The molecule has 0 aliphatic rings. The van der Waals surface area contributed by atoms with Crippen molar-refractivity contribution < 1.29 is 4.52 Å². The molecule has 0 aromatic rings. The first-order chi connectivity index (χ1) is 6.26. The molecule has 1 nitrogen and oxygen atoms in total. The molecule has 3 atom stereocenters. The van der Waals surface area contributed by atoms with Crippen molar-refractivity contribution in [2.45, 2.75) is 52.1 Å². The van der Waals surface area contributed by atoms with Crippen LogP contribution in [0.4, 0.5) is 0 Å². The zero-order chi connectivity index (χ0) is 10.1. The van der Waals surface area contributed by atoms with Crippen LogP contribution < -0.4 is 0 Å². The van der Waals surface area contributed by atoms with Gasteiger partial charge in [-0.15, -0.1) is 12.3 Å². The second-order valence-electron chi connectivity index (χ2n) is 3.54. The topological polar surface area (TPSA) is 9.23 Å². The van der Waals surface area contributed by atoms with Crippen molar-refractivity contribution in [2.24, 2.45) is 5.92 Å². The molecule has 0 aromatic heterocycles. The Balaban J connectivity index is 3.71. The summed E-state index contributed by atoms with van der Waals surface area (Å²) in [5, 5.41) is 0. The average Bonchev–Trinajstić information content (AvgIpc) is 2.16. The summed E-state index contributed by atoms with van der Waals surface area (Å²) in [6, 6.07) is 0. The van der Waals surface area contributed by atoms with Crippen LogP contribution in [0.1, 0.15) is 46.0 Å². The lowest BCUT2D eigenvalue weighted by Crippen LogP contribution is -2.18. The molecule has 0 rings (SSSR count). The Hall–Kier alpha value is -0.0500. The van der Waals surface area contributed by atoms with Crippen LogP contribution in [0.25, 0.3) is 0 Å². The maximum atomic E-state index is 5.33. The normalized spacial score (nSPS) is 14.9. The second kappa shape index (κ2) is 8.54. The van der Waals surface area contributed by atoms with Crippen LogP contribution in [-0.2, 0) is 4.52 Å². The lowest BCUT2D eigenvalue weighted by atomic mass is 9.95. The van der Waals surface area contributed by atoms with E-state index in [0.717, 1.165) is 12.8 Å². The van der Waals surface area contributed by atoms with Gasteiger partial charge in [-0.1, -0.05) is 26.7 Å². The van der Waals surface area contributed by atoms with Crippen molar-refractivity contribution in [3.8, 4) is 12.3 Å². The van der Waals surface area contributed by atoms with Crippen molar-refractivity contribution in [1.29, 1.82) is 0 Å². The molecule has 0 amide bonds. The van der Waals surface area contributed by atoms with Crippen molar-refractivity contribution in [3.63, 3.8) is 0 Å². The van der Waals surface area contributed by atoms with E-state index in [1.165, 1.54) is 19.3 Å². The van der Waals surface area contributed by atoms with E-state index in [0.29, 0.717) is 12.0 Å². The van der Waals surface area contributed by atoms with E-state index in [1.54, 1.807) is 0 Å². The molecule has 0 N–H and O–H groups in total. The summed E-state index contributed by atoms with van der Waals surface area (Å²) in [4.78, 5) is 0. The first kappa shape index (κ1) is 12.9. The Morgan fingerprint density at radius 1 is 1.46 bits per heavy atom. The SMILES string of the molecule is C#CCC[C@@H](OP)C(C)CCCC. The molecular formula is C11H21OP. The molecular weight excluding hydrogens is 179 g/mol. The summed E-state index contributed by atoms with van der Waals surface area (Å²) >= 11 is 0. The lowest BCUT2D eigenvalue weighted by Gasteiger charge is -2.21. The van der Waals surface area contributed by atoms with E-state index in [1.807, 2.05) is 0 Å². The summed E-state index contributed by atoms with van der Waals surface area (Å²) < 4.78 is 5.33. The number of terminal acetylenes is 1. The molecule has 0 saturated carbocycles. The third-order valence-electron chi connectivity index (χ3n) is 2.40. The summed E-state index contributed by atoms with van der Waals surface area (Å²) in [6.45, 7) is 4.45. The van der Waals surface area contributed by atoms with Gasteiger partial charge < -0.3 is 4.52 Å². The standard InChI is InChI=1S/C11H21OP/c1-4-6-8-10(3)11(12-13)9-7-5-2/h2,10-11H,4,6-9,13H2,1,3H3/t10?,11-/m1/s1. The maximum absolute atomic E-state index is 5.33. The van der Waals surface area contributed by atoms with Gasteiger partial charge in [0.25, 0.3) is 0 Å². The fourth-order valence-electron chi connectivity index (χ4n) is 1.42. The highest BCUT2D eigenvalue weighted by Gasteiger charge is 2.15. The van der Waals surface area contributed by atoms with E-state index in [2.05, 4.69) is 29.2 Å². The highest BCUT2D eigenvalue weighted by molar-refractivity contribution is 7.09. The Labute approximate surface area is 84.9 Å². The van der Waals surface area contributed by atoms with Crippen molar-refractivity contribution in [3.05, 3.63) is 0 Å². The van der Waals surface area contributed by atoms with Gasteiger partial charge in [0.2, 0.25) is 0 Å². The molecule has 0 saturated heterocycles. The predicted molar refractivity (Wildman–Crippen MR) is 61.3 cm³/mol. The van der Waals surface area contributed by atoms with Crippen LogP contribution in [0.5, 0.6) is 0 Å². The van der Waals surface area contributed by atoms with E-state index in [4.69, 9.17) is 10.9 Å². The Bertz CT molecular complexity index is 151. The van der Waals surface area contributed by atoms with Crippen LogP contribution in [0.15, 0.2) is 0 Å². The van der Waals surface area contributed by atoms with Crippen molar-refractivity contribution in [1.82, 2.24) is 0 Å². The van der Waals surface area contributed by atoms with Crippen LogP contribution in [0, 0.1) is 18.3 Å². The van der Waals surface area contributed by atoms with Crippen LogP contribution in [-0.4, -0.2) is 6.10 Å². The molecule has 0 aliphatic heterocycles. The van der Waals surface area contributed by atoms with Gasteiger partial charge in [-0.05, 0) is 18.8 Å². The monoisotopic (exact) mass is 200 g/mol. The van der Waals surface area contributed by atoms with Gasteiger partial charge >= 0.3 is 0 Å². The highest BCUT2D eigenvalue weighted by Crippen LogP contribution is 2.20. The molecule has 0 heterocycles. The summed E-state index contributed by atoms with van der Waals surface area (Å²) in [6.07, 6.45) is 11.1. The molecule has 0 fully saturated rings. The predicted octanol–water partition coefficient (Wildman–Crippen LogP) is 3.40. The molecule has 13 heavy (non-hydrogen) atoms. The third-order valence-corrected chi connectivity index (χ3v) is 2.75. The number of hydrogen-bond donors (Lipinski definition) is 0. The lowest BCUT2D eigenvalue weighted by molar-refractivity contribution is 0.154.